The minimum Gasteiger partial charge on any atom is -0.453 e. The zero-order valence-corrected chi connectivity index (χ0v) is 77.8. The van der Waals surface area contributed by atoms with E-state index in [0.29, 0.717) is 0 Å². The molecular formula is C132H83N5O2S. The van der Waals surface area contributed by atoms with Crippen molar-refractivity contribution in [3.05, 3.63) is 453 Å². The fraction of sp³-hybridized carbons (Fsp3) is 0.0455. The van der Waals surface area contributed by atoms with E-state index in [1.54, 1.807) is 0 Å². The van der Waals surface area contributed by atoms with E-state index in [1.807, 2.05) is 35.6 Å². The number of anilines is 12. The Morgan fingerprint density at radius 3 is 1.09 bits per heavy atom. The predicted octanol–water partition coefficient (Wildman–Crippen LogP) is 38.1. The maximum atomic E-state index is 6.50. The van der Waals surface area contributed by atoms with E-state index >= 15 is 0 Å². The number of aromatic nitrogens is 1. The average molecular weight is 1800 g/mol. The van der Waals surface area contributed by atoms with Crippen LogP contribution in [-0.2, 0) is 10.8 Å². The lowest BCUT2D eigenvalue weighted by Gasteiger charge is -2.42. The lowest BCUT2D eigenvalue weighted by molar-refractivity contribution is 0.477. The van der Waals surface area contributed by atoms with E-state index in [1.165, 1.54) is 227 Å². The lowest BCUT2D eigenvalue weighted by atomic mass is 9.73. The van der Waals surface area contributed by atoms with E-state index in [-0.39, 0.29) is 10.8 Å². The van der Waals surface area contributed by atoms with Crippen molar-refractivity contribution < 1.29 is 9.47 Å². The molecule has 0 N–H and O–H groups in total. The van der Waals surface area contributed by atoms with Crippen LogP contribution >= 0.6 is 11.3 Å². The van der Waals surface area contributed by atoms with Crippen LogP contribution in [0.3, 0.4) is 0 Å². The summed E-state index contributed by atoms with van der Waals surface area (Å²) in [7, 11) is 0. The quantitative estimate of drug-likeness (QED) is 0.126. The van der Waals surface area contributed by atoms with Gasteiger partial charge in [-0.05, 0) is 303 Å². The minimum absolute atomic E-state index is 0.233. The van der Waals surface area contributed by atoms with Crippen LogP contribution in [0.1, 0.15) is 49.9 Å². The number of ether oxygens (including phenoxy) is 2. The van der Waals surface area contributed by atoms with Crippen molar-refractivity contribution in [2.45, 2.75) is 38.5 Å². The molecule has 26 aromatic carbocycles. The number of benzene rings is 26. The van der Waals surface area contributed by atoms with Gasteiger partial charge in [-0.3, -0.25) is 0 Å². The van der Waals surface area contributed by atoms with Crippen LogP contribution in [0.2, 0.25) is 0 Å². The first-order valence-electron chi connectivity index (χ1n) is 48.6. The molecule has 0 fully saturated rings. The predicted molar refractivity (Wildman–Crippen MR) is 593 cm³/mol. The zero-order valence-electron chi connectivity index (χ0n) is 77.0. The Balaban J connectivity index is 0.000000130. The molecule has 140 heavy (non-hydrogen) atoms. The summed E-state index contributed by atoms with van der Waals surface area (Å²) >= 11 is 1.91. The van der Waals surface area contributed by atoms with Crippen LogP contribution in [0.15, 0.2) is 431 Å². The Morgan fingerprint density at radius 2 is 0.543 bits per heavy atom. The molecule has 0 amide bonds. The minimum atomic E-state index is -0.317. The molecule has 0 spiro atoms. The van der Waals surface area contributed by atoms with E-state index < -0.39 is 0 Å². The summed E-state index contributed by atoms with van der Waals surface area (Å²) in [5.74, 6) is 3.40. The number of para-hydroxylation sites is 11. The summed E-state index contributed by atoms with van der Waals surface area (Å²) in [6, 6.07) is 160. The Morgan fingerprint density at radius 1 is 0.179 bits per heavy atom. The molecule has 0 bridgehead atoms. The van der Waals surface area contributed by atoms with Gasteiger partial charge in [0.05, 0.1) is 67.9 Å². The summed E-state index contributed by atoms with van der Waals surface area (Å²) < 4.78 is 18.0. The molecule has 2 aromatic heterocycles. The van der Waals surface area contributed by atoms with Gasteiger partial charge >= 0.3 is 0 Å². The van der Waals surface area contributed by atoms with Crippen molar-refractivity contribution in [3.63, 3.8) is 0 Å². The van der Waals surface area contributed by atoms with Crippen LogP contribution in [-0.4, -0.2) is 4.57 Å². The Kier molecular flexibility index (Phi) is 15.8. The summed E-state index contributed by atoms with van der Waals surface area (Å²) in [6.45, 7) is 9.64. The highest BCUT2D eigenvalue weighted by Gasteiger charge is 2.42. The molecule has 4 aliphatic rings. The summed E-state index contributed by atoms with van der Waals surface area (Å²) in [5.41, 5.74) is 21.8. The summed E-state index contributed by atoms with van der Waals surface area (Å²) in [6.07, 6.45) is 0. The smallest absolute Gasteiger partial charge is 0.151 e. The highest BCUT2D eigenvalue weighted by molar-refractivity contribution is 7.26. The van der Waals surface area contributed by atoms with Crippen molar-refractivity contribution in [2.24, 2.45) is 0 Å². The van der Waals surface area contributed by atoms with Crippen LogP contribution in [0.5, 0.6) is 23.0 Å². The first kappa shape index (κ1) is 77.7. The van der Waals surface area contributed by atoms with E-state index in [4.69, 9.17) is 9.47 Å². The topological polar surface area (TPSA) is 36.4 Å². The molecule has 6 heterocycles. The van der Waals surface area contributed by atoms with Gasteiger partial charge in [-0.1, -0.05) is 307 Å². The van der Waals surface area contributed by atoms with Crippen molar-refractivity contribution in [2.75, 3.05) is 19.6 Å². The summed E-state index contributed by atoms with van der Waals surface area (Å²) in [4.78, 5) is 9.83. The lowest BCUT2D eigenvalue weighted by Crippen LogP contribution is -2.30. The van der Waals surface area contributed by atoms with Gasteiger partial charge in [0.15, 0.2) is 23.0 Å². The SMILES string of the molecule is CC1(C)c2ccccc2N(c2ccc3c4ccc(N5c6ccccc6Oc6ccccc65)cc4c4ccccc4c3c2)c2cc3sc4cc5c6ccccc6c6ccccc6c5cc4c3cc21.CC1(C)c2ccccc2N(c2ccc3ccc4c(N5c6ccccc6Oc6ccccc65)ccc5ccc2c3c54)c2cc3c(cc21)c1c2cccc4c5cccc6cccc(c(cc1n3-c1ccccc1)c42)c65. The van der Waals surface area contributed by atoms with Gasteiger partial charge < -0.3 is 33.6 Å². The van der Waals surface area contributed by atoms with Crippen LogP contribution in [0.25, 0.3) is 188 Å². The highest BCUT2D eigenvalue weighted by atomic mass is 32.1. The molecule has 654 valence electrons. The highest BCUT2D eigenvalue weighted by Crippen LogP contribution is 2.62. The second kappa shape index (κ2) is 28.5. The fourth-order valence-corrected chi connectivity index (χ4v) is 26.6. The van der Waals surface area contributed by atoms with E-state index in [2.05, 4.69) is 458 Å². The third-order valence-corrected chi connectivity index (χ3v) is 32.8. The van der Waals surface area contributed by atoms with Gasteiger partial charge in [0.25, 0.3) is 0 Å². The molecule has 28 aromatic rings. The number of hydrogen-bond donors (Lipinski definition) is 0. The molecule has 32 rings (SSSR count). The summed E-state index contributed by atoms with van der Waals surface area (Å²) in [5, 5.41) is 38.3. The van der Waals surface area contributed by atoms with Gasteiger partial charge in [-0.25, -0.2) is 0 Å². The second-order valence-electron chi connectivity index (χ2n) is 39.6. The van der Waals surface area contributed by atoms with Crippen molar-refractivity contribution in [1.82, 2.24) is 4.57 Å². The molecular weight excluding hydrogens is 1720 g/mol. The molecule has 0 radical (unpaired) electrons. The number of thiophene rings is 1. The molecule has 7 nitrogen and oxygen atoms in total. The Hall–Kier alpha value is -17.6. The monoisotopic (exact) mass is 1800 g/mol. The van der Waals surface area contributed by atoms with E-state index in [9.17, 15) is 0 Å². The van der Waals surface area contributed by atoms with Crippen molar-refractivity contribution >= 4 is 262 Å². The zero-order chi connectivity index (χ0) is 92.0. The molecule has 0 aliphatic carbocycles. The number of nitrogens with zero attached hydrogens (tertiary/aromatic N) is 5. The van der Waals surface area contributed by atoms with Crippen molar-refractivity contribution in [1.29, 1.82) is 0 Å². The molecule has 8 heteroatoms. The van der Waals surface area contributed by atoms with E-state index in [0.717, 1.165) is 74.2 Å². The largest absolute Gasteiger partial charge is 0.453 e. The molecule has 0 unspecified atom stereocenters. The van der Waals surface area contributed by atoms with Gasteiger partial charge in [-0.2, -0.15) is 0 Å². The normalized spacial score (nSPS) is 14.0. The Bertz CT molecular complexity index is 10200. The maximum Gasteiger partial charge on any atom is 0.151 e. The molecule has 0 saturated heterocycles. The first-order valence-corrected chi connectivity index (χ1v) is 49.4. The van der Waals surface area contributed by atoms with Crippen molar-refractivity contribution in [3.8, 4) is 28.7 Å². The van der Waals surface area contributed by atoms with Crippen LogP contribution < -0.4 is 29.1 Å². The average Bonchev–Trinajstić information content (AvgIpc) is 1.47. The fourth-order valence-electron chi connectivity index (χ4n) is 25.5. The van der Waals surface area contributed by atoms with Gasteiger partial charge in [0.1, 0.15) is 0 Å². The third kappa shape index (κ3) is 10.7. The first-order chi connectivity index (χ1) is 69.0. The number of hydrogen-bond acceptors (Lipinski definition) is 7. The second-order valence-corrected chi connectivity index (χ2v) is 40.6. The third-order valence-electron chi connectivity index (χ3n) is 31.7. The molecule has 0 saturated carbocycles. The molecule has 4 aliphatic heterocycles. The van der Waals surface area contributed by atoms with Gasteiger partial charge in [-0.15, -0.1) is 11.3 Å². The van der Waals surface area contributed by atoms with Crippen LogP contribution in [0, 0.1) is 0 Å². The molecule has 0 atom stereocenters. The van der Waals surface area contributed by atoms with Gasteiger partial charge in [0.2, 0.25) is 0 Å². The van der Waals surface area contributed by atoms with Crippen LogP contribution in [0.4, 0.5) is 68.2 Å². The maximum absolute atomic E-state index is 6.50. The Labute approximate surface area is 809 Å². The number of fused-ring (bicyclic) bond motifs is 29. The van der Waals surface area contributed by atoms with Gasteiger partial charge in [0, 0.05) is 69.6 Å². The number of rotatable bonds is 5. The standard InChI is InChI=1S/C69H43N3O.C63H40N2OS/c1-69(2)52-23-6-7-24-56(52)71(54-35-31-41-30-34-48-55(36-32-42-29-33-47(54)65(41)66(42)48)72-57-25-8-10-27-62(57)73-63-28-11-9-26-58(63)72)60-39-59-51(37-53(60)69)68-49-22-14-21-45-44-19-12-15-40-16-13-20-46(64(40)44)50(67(45)49)38-61(68)70(59)43-17-4-3-5-18-43;1-63(2)53-21-9-10-22-55(53)64(58-36-62-52(34-54(58)63)51-33-49-41-17-5-3-15-39(41)40-16-4-6-18-42(40)50(49)35-61(51)67-62)37-27-29-45-46-30-28-38(32-48(46)44-20-8-7-19-43(44)47(45)31-37)65-56-23-11-13-25-59(56)66-60-26-14-12-24-57(60)65/h3-39H,1-2H3;3-36H,1-2H3.